The molecule has 0 aliphatic rings. The van der Waals surface area contributed by atoms with E-state index >= 15 is 0 Å². The first kappa shape index (κ1) is 32.2. The van der Waals surface area contributed by atoms with Crippen molar-refractivity contribution in [3.8, 4) is 39.9 Å². The van der Waals surface area contributed by atoms with Gasteiger partial charge in [-0.3, -0.25) is 0 Å². The van der Waals surface area contributed by atoms with Gasteiger partial charge in [0, 0.05) is 75.9 Å². The summed E-state index contributed by atoms with van der Waals surface area (Å²) in [6.45, 7) is 0. The summed E-state index contributed by atoms with van der Waals surface area (Å²) < 4.78 is 11.3. The monoisotopic (exact) mass is 799 g/mol. The van der Waals surface area contributed by atoms with Crippen LogP contribution in [0.1, 0.15) is 0 Å². The van der Waals surface area contributed by atoms with Gasteiger partial charge in [0.05, 0.1) is 33.3 Å². The molecule has 6 heteroatoms. The van der Waals surface area contributed by atoms with Crippen molar-refractivity contribution in [1.29, 1.82) is 0 Å². The van der Waals surface area contributed by atoms with Crippen LogP contribution in [-0.4, -0.2) is 23.9 Å². The minimum atomic E-state index is 0.609. The van der Waals surface area contributed by atoms with Crippen LogP contribution in [-0.2, 0) is 0 Å². The molecule has 16 aromatic rings. The van der Waals surface area contributed by atoms with Crippen molar-refractivity contribution in [1.82, 2.24) is 23.9 Å². The number of furan rings is 1. The molecule has 0 saturated carbocycles. The molecule has 0 atom stereocenters. The molecular weight excluding hydrogens is 771 g/mol. The number of para-hydroxylation sites is 2. The summed E-state index contributed by atoms with van der Waals surface area (Å²) in [5.74, 6) is 1.86. The standard InChI is InChI=1S/C57H29N5O/c1-2-9-32(10-3-1)55-58-56(33-21-28-47-42(29-33)36-13-6-7-16-46(36)63-47)60-57(59-55)41-24-26-43(35-12-5-4-11-34(35)41)61-44-25-20-30-17-18-31-19-22-39-37-14-8-15-38-40-23-27-45(61)51-50(44)48(30)49(31)53(39)62(52(37)38)54(40)51/h1-29H. The minimum absolute atomic E-state index is 0.609. The van der Waals surface area contributed by atoms with Crippen molar-refractivity contribution < 1.29 is 4.42 Å². The first-order chi connectivity index (χ1) is 31.2. The third-order valence-corrected chi connectivity index (χ3v) is 14.0. The fraction of sp³-hybridized carbons (Fsp3) is 0. The van der Waals surface area contributed by atoms with Crippen LogP contribution in [0.3, 0.4) is 0 Å². The Balaban J connectivity index is 0.982. The van der Waals surface area contributed by atoms with Gasteiger partial charge in [-0.05, 0) is 64.7 Å². The SMILES string of the molecule is c1ccc(-c2nc(-c3ccc4oc5ccccc5c4c3)nc(-c3ccc(-n4c5ccc6ccc7ccc8c9cccc%10c%11ccc4c4c5c6c7c8n(c9%10)c%114)c4ccccc34)n2)cc1. The van der Waals surface area contributed by atoms with Crippen LogP contribution in [0.5, 0.6) is 0 Å². The van der Waals surface area contributed by atoms with Crippen LogP contribution in [0, 0.1) is 0 Å². The van der Waals surface area contributed by atoms with Gasteiger partial charge in [0.15, 0.2) is 17.5 Å². The fourth-order valence-electron chi connectivity index (χ4n) is 11.4. The van der Waals surface area contributed by atoms with E-state index in [2.05, 4.69) is 136 Å². The van der Waals surface area contributed by atoms with Gasteiger partial charge in [-0.25, -0.2) is 15.0 Å². The zero-order chi connectivity index (χ0) is 40.7. The second kappa shape index (κ2) is 11.2. The highest BCUT2D eigenvalue weighted by Crippen LogP contribution is 2.51. The normalized spacial score (nSPS) is 12.8. The molecule has 0 saturated heterocycles. The van der Waals surface area contributed by atoms with Crippen LogP contribution in [0.25, 0.3) is 154 Å². The Kier molecular flexibility index (Phi) is 5.72. The van der Waals surface area contributed by atoms with Crippen molar-refractivity contribution in [3.05, 3.63) is 176 Å². The molecule has 0 bridgehead atoms. The molecule has 0 aliphatic heterocycles. The van der Waals surface area contributed by atoms with Gasteiger partial charge in [0.25, 0.3) is 0 Å². The smallest absolute Gasteiger partial charge is 0.164 e. The molecule has 0 fully saturated rings. The summed E-state index contributed by atoms with van der Waals surface area (Å²) >= 11 is 0. The van der Waals surface area contributed by atoms with Crippen LogP contribution in [0.2, 0.25) is 0 Å². The molecule has 63 heavy (non-hydrogen) atoms. The zero-order valence-corrected chi connectivity index (χ0v) is 33.4. The lowest BCUT2D eigenvalue weighted by Crippen LogP contribution is -2.02. The van der Waals surface area contributed by atoms with Crippen molar-refractivity contribution in [2.24, 2.45) is 0 Å². The molecule has 6 heterocycles. The lowest BCUT2D eigenvalue weighted by Gasteiger charge is -2.16. The van der Waals surface area contributed by atoms with E-state index < -0.39 is 0 Å². The average Bonchev–Trinajstić information content (AvgIpc) is 4.06. The van der Waals surface area contributed by atoms with Crippen LogP contribution >= 0.6 is 0 Å². The summed E-state index contributed by atoms with van der Waals surface area (Å²) in [5.41, 5.74) is 11.9. The highest BCUT2D eigenvalue weighted by atomic mass is 16.3. The Morgan fingerprint density at radius 2 is 0.952 bits per heavy atom. The number of aromatic nitrogens is 5. The summed E-state index contributed by atoms with van der Waals surface area (Å²) in [6.07, 6.45) is 0. The predicted octanol–water partition coefficient (Wildman–Crippen LogP) is 14.8. The Bertz CT molecular complexity index is 4550. The quantitative estimate of drug-likeness (QED) is 0.166. The first-order valence-electron chi connectivity index (χ1n) is 21.4. The molecule has 0 aliphatic carbocycles. The third-order valence-electron chi connectivity index (χ3n) is 14.0. The second-order valence-electron chi connectivity index (χ2n) is 17.1. The number of benzene rings is 10. The lowest BCUT2D eigenvalue weighted by atomic mass is 9.96. The summed E-state index contributed by atoms with van der Waals surface area (Å²) in [6, 6.07) is 63.2. The number of hydrogen-bond donors (Lipinski definition) is 0. The highest BCUT2D eigenvalue weighted by Gasteiger charge is 2.28. The summed E-state index contributed by atoms with van der Waals surface area (Å²) in [7, 11) is 0. The van der Waals surface area contributed by atoms with E-state index in [1.54, 1.807) is 0 Å². The van der Waals surface area contributed by atoms with Gasteiger partial charge < -0.3 is 13.4 Å². The molecule has 288 valence electrons. The maximum Gasteiger partial charge on any atom is 0.164 e. The van der Waals surface area contributed by atoms with Gasteiger partial charge >= 0.3 is 0 Å². The minimum Gasteiger partial charge on any atom is -0.456 e. The van der Waals surface area contributed by atoms with Gasteiger partial charge in [-0.2, -0.15) is 0 Å². The first-order valence-corrected chi connectivity index (χ1v) is 21.4. The number of nitrogens with zero attached hydrogens (tertiary/aromatic N) is 5. The predicted molar refractivity (Wildman–Crippen MR) is 258 cm³/mol. The van der Waals surface area contributed by atoms with Crippen LogP contribution < -0.4 is 0 Å². The van der Waals surface area contributed by atoms with E-state index in [-0.39, 0.29) is 0 Å². The van der Waals surface area contributed by atoms with Gasteiger partial charge in [-0.15, -0.1) is 0 Å². The number of fused-ring (bicyclic) bond motifs is 6. The molecule has 0 spiro atoms. The Labute approximate surface area is 356 Å². The zero-order valence-electron chi connectivity index (χ0n) is 33.4. The van der Waals surface area contributed by atoms with E-state index in [0.29, 0.717) is 17.5 Å². The maximum atomic E-state index is 6.20. The molecule has 16 rings (SSSR count). The molecule has 0 N–H and O–H groups in total. The van der Waals surface area contributed by atoms with Crippen molar-refractivity contribution in [2.75, 3.05) is 0 Å². The Morgan fingerprint density at radius 1 is 0.349 bits per heavy atom. The third kappa shape index (κ3) is 3.93. The molecule has 0 unspecified atom stereocenters. The lowest BCUT2D eigenvalue weighted by molar-refractivity contribution is 0.669. The molecule has 10 aromatic carbocycles. The molecule has 0 amide bonds. The Hall–Kier alpha value is -8.61. The average molecular weight is 800 g/mol. The summed E-state index contributed by atoms with van der Waals surface area (Å²) in [5, 5.41) is 17.3. The maximum absolute atomic E-state index is 6.20. The van der Waals surface area contributed by atoms with Crippen molar-refractivity contribution in [2.45, 2.75) is 0 Å². The molecule has 6 aromatic heterocycles. The number of rotatable bonds is 4. The second-order valence-corrected chi connectivity index (χ2v) is 17.1. The van der Waals surface area contributed by atoms with Crippen LogP contribution in [0.4, 0.5) is 0 Å². The molecular formula is C57H29N5O. The van der Waals surface area contributed by atoms with Crippen molar-refractivity contribution >= 4 is 114 Å². The topological polar surface area (TPSA) is 61.2 Å². The van der Waals surface area contributed by atoms with E-state index in [1.807, 2.05) is 48.5 Å². The van der Waals surface area contributed by atoms with Crippen LogP contribution in [0.15, 0.2) is 180 Å². The highest BCUT2D eigenvalue weighted by molar-refractivity contribution is 6.42. The number of hydrogen-bond acceptors (Lipinski definition) is 4. The van der Waals surface area contributed by atoms with E-state index in [0.717, 1.165) is 55.1 Å². The van der Waals surface area contributed by atoms with E-state index in [1.165, 1.54) is 81.4 Å². The van der Waals surface area contributed by atoms with E-state index in [4.69, 9.17) is 19.4 Å². The summed E-state index contributed by atoms with van der Waals surface area (Å²) in [4.78, 5) is 15.6. The largest absolute Gasteiger partial charge is 0.456 e. The van der Waals surface area contributed by atoms with Gasteiger partial charge in [-0.1, -0.05) is 127 Å². The van der Waals surface area contributed by atoms with Gasteiger partial charge in [0.1, 0.15) is 11.2 Å². The fourth-order valence-corrected chi connectivity index (χ4v) is 11.4. The van der Waals surface area contributed by atoms with E-state index in [9.17, 15) is 0 Å². The Morgan fingerprint density at radius 3 is 1.81 bits per heavy atom. The molecule has 0 radical (unpaired) electrons. The van der Waals surface area contributed by atoms with Gasteiger partial charge in [0.2, 0.25) is 0 Å². The molecule has 6 nitrogen and oxygen atoms in total. The van der Waals surface area contributed by atoms with Crippen molar-refractivity contribution in [3.63, 3.8) is 0 Å².